The number of hydrogen-bond donors (Lipinski definition) is 1. The number of nitrogens with one attached hydrogen (secondary N) is 1. The van der Waals surface area contributed by atoms with Crippen LogP contribution in [0.25, 0.3) is 16.3 Å². The molecule has 3 aromatic heterocycles. The van der Waals surface area contributed by atoms with Gasteiger partial charge in [0.15, 0.2) is 5.82 Å². The lowest BCUT2D eigenvalue weighted by Crippen LogP contribution is -2.13. The van der Waals surface area contributed by atoms with E-state index in [2.05, 4.69) is 15.0 Å². The number of allylic oxidation sites excluding steroid dienone is 1. The van der Waals surface area contributed by atoms with Crippen LogP contribution in [0.15, 0.2) is 41.3 Å². The van der Waals surface area contributed by atoms with Gasteiger partial charge in [-0.1, -0.05) is 6.07 Å². The predicted octanol–water partition coefficient (Wildman–Crippen LogP) is 2.58. The van der Waals surface area contributed by atoms with Gasteiger partial charge in [-0.15, -0.1) is 11.3 Å². The number of aromatic nitrogens is 3. The summed E-state index contributed by atoms with van der Waals surface area (Å²) >= 11 is 1.39. The van der Waals surface area contributed by atoms with Crippen molar-refractivity contribution in [3.05, 3.63) is 63.3 Å². The third-order valence-corrected chi connectivity index (χ3v) is 3.80. The Morgan fingerprint density at radius 2 is 2.24 bits per heavy atom. The molecule has 21 heavy (non-hydrogen) atoms. The number of fused-ring (bicyclic) bond motifs is 1. The Morgan fingerprint density at radius 1 is 1.38 bits per heavy atom. The topological polar surface area (TPSA) is 75.7 Å². The molecule has 0 aliphatic carbocycles. The van der Waals surface area contributed by atoms with Gasteiger partial charge in [0, 0.05) is 11.1 Å². The molecule has 0 radical (unpaired) electrons. The molecule has 0 saturated carbocycles. The zero-order valence-electron chi connectivity index (χ0n) is 11.2. The highest BCUT2D eigenvalue weighted by molar-refractivity contribution is 7.18. The van der Waals surface area contributed by atoms with E-state index in [1.807, 2.05) is 13.0 Å². The summed E-state index contributed by atoms with van der Waals surface area (Å²) < 4.78 is 0. The number of rotatable bonds is 3. The van der Waals surface area contributed by atoms with Gasteiger partial charge in [0.1, 0.15) is 4.83 Å². The fourth-order valence-electron chi connectivity index (χ4n) is 1.88. The summed E-state index contributed by atoms with van der Waals surface area (Å²) in [5, 5.41) is 0.516. The molecule has 3 heterocycles. The molecule has 3 aromatic rings. The van der Waals surface area contributed by atoms with Crippen molar-refractivity contribution in [1.29, 1.82) is 0 Å². The van der Waals surface area contributed by atoms with E-state index >= 15 is 0 Å². The molecule has 3 rings (SSSR count). The molecule has 0 unspecified atom stereocenters. The SMILES string of the molecule is Cc1cc2c(=O)[nH]c(C(=O)/C=C/c3ccccn3)nc2s1. The maximum Gasteiger partial charge on any atom is 0.260 e. The van der Waals surface area contributed by atoms with Gasteiger partial charge in [-0.05, 0) is 37.3 Å². The fraction of sp³-hybridized carbons (Fsp3) is 0.0667. The minimum absolute atomic E-state index is 0.0431. The van der Waals surface area contributed by atoms with Crippen molar-refractivity contribution in [2.45, 2.75) is 6.92 Å². The van der Waals surface area contributed by atoms with Gasteiger partial charge in [0.2, 0.25) is 5.78 Å². The number of carbonyl (C=O) groups excluding carboxylic acids is 1. The number of nitrogens with zero attached hydrogens (tertiary/aromatic N) is 2. The maximum absolute atomic E-state index is 12.1. The number of hydrogen-bond acceptors (Lipinski definition) is 5. The Hall–Kier alpha value is -2.60. The number of pyridine rings is 1. The number of aryl methyl sites for hydroxylation is 1. The summed E-state index contributed by atoms with van der Waals surface area (Å²) in [6, 6.07) is 7.18. The van der Waals surface area contributed by atoms with E-state index in [4.69, 9.17) is 0 Å². The van der Waals surface area contributed by atoms with Gasteiger partial charge in [0.25, 0.3) is 5.56 Å². The second-order valence-electron chi connectivity index (χ2n) is 4.44. The van der Waals surface area contributed by atoms with Crippen LogP contribution in [-0.2, 0) is 0 Å². The minimum atomic E-state index is -0.356. The molecule has 5 nitrogen and oxygen atoms in total. The van der Waals surface area contributed by atoms with Crippen molar-refractivity contribution in [1.82, 2.24) is 15.0 Å². The van der Waals surface area contributed by atoms with Crippen LogP contribution in [-0.4, -0.2) is 20.7 Å². The van der Waals surface area contributed by atoms with Crippen molar-refractivity contribution in [2.24, 2.45) is 0 Å². The largest absolute Gasteiger partial charge is 0.303 e. The van der Waals surface area contributed by atoms with E-state index in [0.717, 1.165) is 4.88 Å². The number of carbonyl (C=O) groups is 1. The second-order valence-corrected chi connectivity index (χ2v) is 5.68. The van der Waals surface area contributed by atoms with E-state index in [-0.39, 0.29) is 17.2 Å². The Morgan fingerprint density at radius 3 is 3.00 bits per heavy atom. The van der Waals surface area contributed by atoms with E-state index in [9.17, 15) is 9.59 Å². The van der Waals surface area contributed by atoms with E-state index in [0.29, 0.717) is 15.9 Å². The Kier molecular flexibility index (Phi) is 3.45. The highest BCUT2D eigenvalue weighted by atomic mass is 32.1. The average Bonchev–Trinajstić information content (AvgIpc) is 2.87. The molecule has 0 aliphatic rings. The fourth-order valence-corrected chi connectivity index (χ4v) is 2.76. The quantitative estimate of drug-likeness (QED) is 0.595. The van der Waals surface area contributed by atoms with Crippen LogP contribution in [0, 0.1) is 6.92 Å². The van der Waals surface area contributed by atoms with Crippen LogP contribution in [0.5, 0.6) is 0 Å². The molecule has 0 bridgehead atoms. The third kappa shape index (κ3) is 2.80. The normalized spacial score (nSPS) is 11.3. The van der Waals surface area contributed by atoms with Crippen LogP contribution in [0.2, 0.25) is 0 Å². The Balaban J connectivity index is 1.95. The molecule has 0 saturated heterocycles. The first-order valence-electron chi connectivity index (χ1n) is 6.27. The van der Waals surface area contributed by atoms with Crippen LogP contribution in [0.4, 0.5) is 0 Å². The van der Waals surface area contributed by atoms with Crippen LogP contribution >= 0.6 is 11.3 Å². The molecule has 0 aromatic carbocycles. The van der Waals surface area contributed by atoms with Gasteiger partial charge in [-0.3, -0.25) is 14.6 Å². The number of aromatic amines is 1. The highest BCUT2D eigenvalue weighted by Crippen LogP contribution is 2.19. The average molecular weight is 297 g/mol. The predicted molar refractivity (Wildman–Crippen MR) is 82.6 cm³/mol. The number of thiophene rings is 1. The molecular formula is C15H11N3O2S. The lowest BCUT2D eigenvalue weighted by Gasteiger charge is -1.96. The Labute approximate surface area is 124 Å². The molecule has 0 fully saturated rings. The van der Waals surface area contributed by atoms with E-state index in [1.54, 1.807) is 30.5 Å². The molecule has 0 aliphatic heterocycles. The summed E-state index contributed by atoms with van der Waals surface area (Å²) in [6.07, 6.45) is 4.59. The molecular weight excluding hydrogens is 286 g/mol. The zero-order chi connectivity index (χ0) is 14.8. The summed E-state index contributed by atoms with van der Waals surface area (Å²) in [4.78, 5) is 36.4. The number of ketones is 1. The van der Waals surface area contributed by atoms with Crippen molar-refractivity contribution < 1.29 is 4.79 Å². The Bertz CT molecular complexity index is 894. The minimum Gasteiger partial charge on any atom is -0.303 e. The molecule has 1 N–H and O–H groups in total. The van der Waals surface area contributed by atoms with Gasteiger partial charge in [0.05, 0.1) is 11.1 Å². The van der Waals surface area contributed by atoms with Crippen LogP contribution in [0.3, 0.4) is 0 Å². The highest BCUT2D eigenvalue weighted by Gasteiger charge is 2.10. The van der Waals surface area contributed by atoms with Crippen LogP contribution < -0.4 is 5.56 Å². The summed E-state index contributed by atoms with van der Waals surface area (Å²) in [5.41, 5.74) is 0.375. The lowest BCUT2D eigenvalue weighted by molar-refractivity contribution is 0.103. The van der Waals surface area contributed by atoms with Gasteiger partial charge in [-0.2, -0.15) is 0 Å². The van der Waals surface area contributed by atoms with E-state index < -0.39 is 0 Å². The molecule has 0 atom stereocenters. The molecule has 104 valence electrons. The van der Waals surface area contributed by atoms with Crippen molar-refractivity contribution in [3.8, 4) is 0 Å². The molecule has 6 heteroatoms. The molecule has 0 amide bonds. The van der Waals surface area contributed by atoms with Crippen molar-refractivity contribution in [3.63, 3.8) is 0 Å². The van der Waals surface area contributed by atoms with Crippen LogP contribution in [0.1, 0.15) is 21.2 Å². The monoisotopic (exact) mass is 297 g/mol. The first-order chi connectivity index (χ1) is 10.1. The first-order valence-corrected chi connectivity index (χ1v) is 7.09. The van der Waals surface area contributed by atoms with Gasteiger partial charge < -0.3 is 4.98 Å². The van der Waals surface area contributed by atoms with E-state index in [1.165, 1.54) is 17.4 Å². The second kappa shape index (κ2) is 5.41. The smallest absolute Gasteiger partial charge is 0.260 e. The van der Waals surface area contributed by atoms with Gasteiger partial charge in [-0.25, -0.2) is 4.98 Å². The number of H-pyrrole nitrogens is 1. The van der Waals surface area contributed by atoms with Crippen molar-refractivity contribution >= 4 is 33.4 Å². The lowest BCUT2D eigenvalue weighted by atomic mass is 10.2. The summed E-state index contributed by atoms with van der Waals surface area (Å²) in [7, 11) is 0. The zero-order valence-corrected chi connectivity index (χ0v) is 12.0. The first kappa shape index (κ1) is 13.4. The summed E-state index contributed by atoms with van der Waals surface area (Å²) in [6.45, 7) is 1.90. The van der Waals surface area contributed by atoms with Crippen molar-refractivity contribution in [2.75, 3.05) is 0 Å². The molecule has 0 spiro atoms. The third-order valence-electron chi connectivity index (χ3n) is 2.85. The van der Waals surface area contributed by atoms with Gasteiger partial charge >= 0.3 is 0 Å². The summed E-state index contributed by atoms with van der Waals surface area (Å²) in [5.74, 6) is -0.313. The standard InChI is InChI=1S/C15H11N3O2S/c1-9-8-11-14(20)17-13(18-15(11)21-9)12(19)6-5-10-4-2-3-7-16-10/h2-8H,1H3,(H,17,18,20)/b6-5+. The maximum atomic E-state index is 12.1.